The number of anilines is 1. The molecule has 0 aliphatic heterocycles. The highest BCUT2D eigenvalue weighted by atomic mass is 32.2. The molecule has 3 aromatic rings. The van der Waals surface area contributed by atoms with Crippen molar-refractivity contribution in [1.82, 2.24) is 4.57 Å². The number of methoxy groups -OCH3 is 2. The van der Waals surface area contributed by atoms with Crippen molar-refractivity contribution in [2.75, 3.05) is 32.4 Å². The van der Waals surface area contributed by atoms with Gasteiger partial charge in [-0.1, -0.05) is 27.2 Å². The van der Waals surface area contributed by atoms with Crippen LogP contribution in [0.5, 0.6) is 5.75 Å². The molecular formula is C31H39FN2O6S. The van der Waals surface area contributed by atoms with Crippen LogP contribution < -0.4 is 15.5 Å². The second-order valence-corrected chi connectivity index (χ2v) is 10.9. The zero-order chi connectivity index (χ0) is 30.3. The molecule has 10 heteroatoms. The van der Waals surface area contributed by atoms with Gasteiger partial charge in [0.05, 0.1) is 32.4 Å². The van der Waals surface area contributed by atoms with E-state index in [-0.39, 0.29) is 35.2 Å². The molecule has 1 heterocycles. The van der Waals surface area contributed by atoms with Gasteiger partial charge in [0.15, 0.2) is 0 Å². The average Bonchev–Trinajstić information content (AvgIpc) is 2.94. The molecule has 0 bridgehead atoms. The summed E-state index contributed by atoms with van der Waals surface area (Å²) in [4.78, 5) is 38.5. The zero-order valence-electron chi connectivity index (χ0n) is 24.8. The number of esters is 1. The maximum Gasteiger partial charge on any atom is 0.343 e. The van der Waals surface area contributed by atoms with E-state index in [1.165, 1.54) is 32.5 Å². The molecule has 1 atom stereocenters. The Bertz CT molecular complexity index is 1470. The highest BCUT2D eigenvalue weighted by Gasteiger charge is 2.24. The first-order valence-electron chi connectivity index (χ1n) is 13.6. The summed E-state index contributed by atoms with van der Waals surface area (Å²) in [5.74, 6) is -0.735. The van der Waals surface area contributed by atoms with Crippen LogP contribution in [-0.2, 0) is 20.1 Å². The Morgan fingerprint density at radius 2 is 1.85 bits per heavy atom. The van der Waals surface area contributed by atoms with Crippen molar-refractivity contribution >= 4 is 40.5 Å². The summed E-state index contributed by atoms with van der Waals surface area (Å²) in [6.07, 6.45) is 5.47. The van der Waals surface area contributed by atoms with Gasteiger partial charge in [0.25, 0.3) is 0 Å². The average molecular weight is 587 g/mol. The van der Waals surface area contributed by atoms with Gasteiger partial charge in [-0.2, -0.15) is 0 Å². The minimum atomic E-state index is -0.746. The van der Waals surface area contributed by atoms with Crippen LogP contribution in [0.25, 0.3) is 10.9 Å². The van der Waals surface area contributed by atoms with Crippen LogP contribution in [0.1, 0.15) is 73.1 Å². The van der Waals surface area contributed by atoms with Gasteiger partial charge in [-0.3, -0.25) is 9.59 Å². The van der Waals surface area contributed by atoms with Crippen molar-refractivity contribution in [2.24, 2.45) is 5.92 Å². The lowest BCUT2D eigenvalue weighted by atomic mass is 9.97. The van der Waals surface area contributed by atoms with Crippen molar-refractivity contribution in [3.63, 3.8) is 0 Å². The van der Waals surface area contributed by atoms with Crippen LogP contribution in [0.3, 0.4) is 0 Å². The number of hydrogen-bond donors (Lipinski definition) is 1. The number of fused-ring (bicyclic) bond motifs is 1. The standard InChI is InChI=1S/C31H39FN2O6S/c1-8-9-10-28(35)33-22-11-19(4)29(32)21(13-22)12-20-14-23-25(15-27(20)38-5)34(26(18(2)3)17-40-41-7)16-24(30(23)36)31(37)39-6/h11,13-16,18,26H,8-10,12,17H2,1-7H3,(H,33,35)/t26-/m1/s1. The third-order valence-corrected chi connectivity index (χ3v) is 7.45. The number of halogens is 1. The summed E-state index contributed by atoms with van der Waals surface area (Å²) >= 11 is 1.23. The fraction of sp³-hybridized carbons (Fsp3) is 0.452. The van der Waals surface area contributed by atoms with Crippen LogP contribution in [0.15, 0.2) is 35.3 Å². The summed E-state index contributed by atoms with van der Waals surface area (Å²) in [5.41, 5.74) is 1.74. The molecule has 0 fully saturated rings. The Kier molecular flexibility index (Phi) is 11.4. The quantitative estimate of drug-likeness (QED) is 0.182. The summed E-state index contributed by atoms with van der Waals surface area (Å²) in [7, 11) is 2.74. The highest BCUT2D eigenvalue weighted by molar-refractivity contribution is 7.93. The molecule has 222 valence electrons. The smallest absolute Gasteiger partial charge is 0.343 e. The molecule has 0 saturated carbocycles. The van der Waals surface area contributed by atoms with Crippen molar-refractivity contribution in [2.45, 2.75) is 59.4 Å². The number of hydrogen-bond acceptors (Lipinski definition) is 7. The number of carbonyl (C=O) groups excluding carboxylic acids is 2. The molecule has 0 aliphatic carbocycles. The van der Waals surface area contributed by atoms with Crippen LogP contribution in [0.4, 0.5) is 10.1 Å². The summed E-state index contributed by atoms with van der Waals surface area (Å²) in [6, 6.07) is 6.38. The van der Waals surface area contributed by atoms with E-state index < -0.39 is 17.2 Å². The van der Waals surface area contributed by atoms with Crippen molar-refractivity contribution < 1.29 is 27.6 Å². The van der Waals surface area contributed by atoms with Gasteiger partial charge in [-0.15, -0.1) is 0 Å². The Morgan fingerprint density at radius 3 is 2.46 bits per heavy atom. The van der Waals surface area contributed by atoms with E-state index in [1.54, 1.807) is 31.2 Å². The largest absolute Gasteiger partial charge is 0.496 e. The van der Waals surface area contributed by atoms with Crippen molar-refractivity contribution in [3.8, 4) is 5.75 Å². The first-order valence-corrected chi connectivity index (χ1v) is 14.8. The minimum absolute atomic E-state index is 0.0928. The Labute approximate surface area is 244 Å². The van der Waals surface area contributed by atoms with Gasteiger partial charge >= 0.3 is 5.97 Å². The molecule has 1 N–H and O–H groups in total. The summed E-state index contributed by atoms with van der Waals surface area (Å²) in [5, 5.41) is 3.13. The number of nitrogens with zero attached hydrogens (tertiary/aromatic N) is 1. The van der Waals surface area contributed by atoms with E-state index in [2.05, 4.69) is 5.32 Å². The van der Waals surface area contributed by atoms with Gasteiger partial charge in [-0.25, -0.2) is 9.18 Å². The number of pyridine rings is 1. The van der Waals surface area contributed by atoms with Crippen LogP contribution in [0, 0.1) is 18.7 Å². The molecule has 0 aliphatic rings. The molecule has 3 rings (SSSR count). The van der Waals surface area contributed by atoms with Crippen LogP contribution >= 0.6 is 12.0 Å². The van der Waals surface area contributed by atoms with Gasteiger partial charge in [0.2, 0.25) is 11.3 Å². The summed E-state index contributed by atoms with van der Waals surface area (Å²) < 4.78 is 33.5. The molecule has 1 aromatic heterocycles. The molecule has 8 nitrogen and oxygen atoms in total. The Hall–Kier alpha value is -3.37. The first kappa shape index (κ1) is 32.1. The maximum atomic E-state index is 15.3. The molecule has 1 amide bonds. The lowest BCUT2D eigenvalue weighted by Crippen LogP contribution is -2.26. The number of rotatable bonds is 13. The summed E-state index contributed by atoms with van der Waals surface area (Å²) in [6.45, 7) is 8.04. The van der Waals surface area contributed by atoms with E-state index in [1.807, 2.05) is 31.6 Å². The third kappa shape index (κ3) is 7.48. The molecule has 2 aromatic carbocycles. The number of aromatic nitrogens is 1. The minimum Gasteiger partial charge on any atom is -0.496 e. The molecular weight excluding hydrogens is 547 g/mol. The lowest BCUT2D eigenvalue weighted by molar-refractivity contribution is -0.116. The predicted molar refractivity (Wildman–Crippen MR) is 162 cm³/mol. The first-order chi connectivity index (χ1) is 19.6. The van der Waals surface area contributed by atoms with Gasteiger partial charge in [0.1, 0.15) is 17.1 Å². The Balaban J connectivity index is 2.20. The number of aryl methyl sites for hydroxylation is 1. The molecule has 41 heavy (non-hydrogen) atoms. The maximum absolute atomic E-state index is 15.3. The molecule has 0 saturated heterocycles. The molecule has 0 spiro atoms. The number of carbonyl (C=O) groups is 2. The Morgan fingerprint density at radius 1 is 1.12 bits per heavy atom. The lowest BCUT2D eigenvalue weighted by Gasteiger charge is -2.26. The number of unbranched alkanes of at least 4 members (excludes halogenated alkanes) is 1. The second-order valence-electron chi connectivity index (χ2n) is 10.3. The highest BCUT2D eigenvalue weighted by Crippen LogP contribution is 2.32. The number of benzene rings is 2. The zero-order valence-corrected chi connectivity index (χ0v) is 25.6. The second kappa shape index (κ2) is 14.5. The fourth-order valence-electron chi connectivity index (χ4n) is 4.82. The van der Waals surface area contributed by atoms with E-state index >= 15 is 4.39 Å². The van der Waals surface area contributed by atoms with E-state index in [0.29, 0.717) is 46.7 Å². The molecule has 0 unspecified atom stereocenters. The van der Waals surface area contributed by atoms with E-state index in [9.17, 15) is 14.4 Å². The van der Waals surface area contributed by atoms with Gasteiger partial charge in [0, 0.05) is 42.4 Å². The fourth-order valence-corrected chi connectivity index (χ4v) is 5.10. The van der Waals surface area contributed by atoms with Gasteiger partial charge in [-0.05, 0) is 66.2 Å². The van der Waals surface area contributed by atoms with Gasteiger partial charge < -0.3 is 23.5 Å². The normalized spacial score (nSPS) is 12.0. The number of ether oxygens (including phenoxy) is 2. The third-order valence-electron chi connectivity index (χ3n) is 7.08. The van der Waals surface area contributed by atoms with Crippen molar-refractivity contribution in [3.05, 3.63) is 68.8 Å². The SMILES string of the molecule is CCCCC(=O)Nc1cc(C)c(F)c(Cc2cc3c(=O)c(C(=O)OC)cn([C@H](COSC)C(C)C)c3cc2OC)c1. The monoisotopic (exact) mass is 586 g/mol. The topological polar surface area (TPSA) is 95.9 Å². The van der Waals surface area contributed by atoms with E-state index in [0.717, 1.165) is 12.8 Å². The van der Waals surface area contributed by atoms with Crippen LogP contribution in [0.2, 0.25) is 0 Å². The van der Waals surface area contributed by atoms with E-state index in [4.69, 9.17) is 13.7 Å². The predicted octanol–water partition coefficient (Wildman–Crippen LogP) is 6.46. The van der Waals surface area contributed by atoms with Crippen molar-refractivity contribution in [1.29, 1.82) is 0 Å². The number of amides is 1. The number of nitrogens with one attached hydrogen (secondary N) is 1. The molecule has 0 radical (unpaired) electrons. The van der Waals surface area contributed by atoms with Crippen LogP contribution in [-0.4, -0.2) is 43.5 Å².